The molecule has 0 saturated carbocycles. The number of halogens is 1. The zero-order valence-corrected chi connectivity index (χ0v) is 16.1. The van der Waals surface area contributed by atoms with Gasteiger partial charge in [0.05, 0.1) is 17.4 Å². The van der Waals surface area contributed by atoms with Gasteiger partial charge in [-0.3, -0.25) is 0 Å². The van der Waals surface area contributed by atoms with Crippen molar-refractivity contribution in [3.63, 3.8) is 0 Å². The molecule has 7 heteroatoms. The van der Waals surface area contributed by atoms with E-state index in [1.165, 1.54) is 0 Å². The molecule has 1 aromatic carbocycles. The maximum absolute atomic E-state index is 14.9. The Morgan fingerprint density at radius 1 is 1.19 bits per heavy atom. The van der Waals surface area contributed by atoms with Gasteiger partial charge in [-0.25, -0.2) is 9.07 Å². The van der Waals surface area contributed by atoms with Crippen LogP contribution in [0.2, 0.25) is 0 Å². The number of aromatic nitrogens is 2. The standard InChI is InChI=1S/C19H26BFN2O3/c1-12-10-14(21)17-13(11-22-23(17)15-8-6-7-9-24-15)16(12)20-25-18(2,3)19(4,5)26-20/h10-11,15H,6-9H2,1-5H3. The third-order valence-electron chi connectivity index (χ3n) is 6.00. The molecule has 0 aliphatic carbocycles. The van der Waals surface area contributed by atoms with Gasteiger partial charge in [0.15, 0.2) is 6.23 Å². The lowest BCUT2D eigenvalue weighted by atomic mass is 9.74. The Morgan fingerprint density at radius 3 is 2.50 bits per heavy atom. The molecule has 1 aromatic heterocycles. The fourth-order valence-corrected chi connectivity index (χ4v) is 3.75. The smallest absolute Gasteiger partial charge is 0.399 e. The van der Waals surface area contributed by atoms with Crippen molar-refractivity contribution in [2.75, 3.05) is 6.61 Å². The van der Waals surface area contributed by atoms with Crippen molar-refractivity contribution in [1.82, 2.24) is 9.78 Å². The SMILES string of the molecule is Cc1cc(F)c2c(cnn2C2CCCCO2)c1B1OC(C)(C)C(C)(C)O1. The molecule has 2 aromatic rings. The van der Waals surface area contributed by atoms with E-state index in [1.807, 2.05) is 34.6 Å². The van der Waals surface area contributed by atoms with E-state index in [0.717, 1.165) is 35.7 Å². The Morgan fingerprint density at radius 2 is 1.88 bits per heavy atom. The minimum Gasteiger partial charge on any atom is -0.399 e. The van der Waals surface area contributed by atoms with Crippen molar-refractivity contribution >= 4 is 23.5 Å². The zero-order chi connectivity index (χ0) is 18.7. The van der Waals surface area contributed by atoms with Crippen LogP contribution in [0.4, 0.5) is 4.39 Å². The van der Waals surface area contributed by atoms with Gasteiger partial charge in [0.2, 0.25) is 0 Å². The first-order valence-corrected chi connectivity index (χ1v) is 9.35. The van der Waals surface area contributed by atoms with Crippen LogP contribution >= 0.6 is 0 Å². The van der Waals surface area contributed by atoms with Gasteiger partial charge in [-0.1, -0.05) is 0 Å². The molecule has 5 nitrogen and oxygen atoms in total. The summed E-state index contributed by atoms with van der Waals surface area (Å²) < 4.78 is 34.8. The average Bonchev–Trinajstić information content (AvgIpc) is 3.07. The fourth-order valence-electron chi connectivity index (χ4n) is 3.75. The van der Waals surface area contributed by atoms with Gasteiger partial charge in [0.1, 0.15) is 11.3 Å². The van der Waals surface area contributed by atoms with Crippen molar-refractivity contribution in [2.24, 2.45) is 0 Å². The van der Waals surface area contributed by atoms with Crippen molar-refractivity contribution in [3.05, 3.63) is 23.6 Å². The number of hydrogen-bond acceptors (Lipinski definition) is 4. The van der Waals surface area contributed by atoms with Gasteiger partial charge >= 0.3 is 7.12 Å². The summed E-state index contributed by atoms with van der Waals surface area (Å²) in [5.41, 5.74) is 1.22. The molecule has 2 aliphatic heterocycles. The lowest BCUT2D eigenvalue weighted by Crippen LogP contribution is -2.41. The predicted octanol–water partition coefficient (Wildman–Crippen LogP) is 3.48. The van der Waals surface area contributed by atoms with Crippen LogP contribution < -0.4 is 5.46 Å². The molecular formula is C19H26BFN2O3. The van der Waals surface area contributed by atoms with Gasteiger partial charge < -0.3 is 14.0 Å². The first kappa shape index (κ1) is 18.0. The molecule has 0 radical (unpaired) electrons. The summed E-state index contributed by atoms with van der Waals surface area (Å²) in [4.78, 5) is 0. The first-order chi connectivity index (χ1) is 12.2. The first-order valence-electron chi connectivity index (χ1n) is 9.35. The highest BCUT2D eigenvalue weighted by Crippen LogP contribution is 2.38. The maximum Gasteiger partial charge on any atom is 0.495 e. The van der Waals surface area contributed by atoms with Crippen molar-refractivity contribution in [1.29, 1.82) is 0 Å². The number of aryl methyl sites for hydroxylation is 1. The molecule has 0 bridgehead atoms. The van der Waals surface area contributed by atoms with E-state index in [0.29, 0.717) is 12.1 Å². The fraction of sp³-hybridized carbons (Fsp3) is 0.632. The summed E-state index contributed by atoms with van der Waals surface area (Å²) in [5, 5.41) is 5.20. The van der Waals surface area contributed by atoms with E-state index in [2.05, 4.69) is 5.10 Å². The third kappa shape index (κ3) is 2.68. The summed E-state index contributed by atoms with van der Waals surface area (Å²) in [6.07, 6.45) is 4.43. The monoisotopic (exact) mass is 360 g/mol. The van der Waals surface area contributed by atoms with Crippen LogP contribution in [0, 0.1) is 12.7 Å². The molecule has 2 aliphatic rings. The van der Waals surface area contributed by atoms with Gasteiger partial charge in [-0.2, -0.15) is 5.10 Å². The minimum absolute atomic E-state index is 0.218. The second kappa shape index (κ2) is 6.04. The molecule has 1 unspecified atom stereocenters. The van der Waals surface area contributed by atoms with Crippen LogP contribution in [0.15, 0.2) is 12.3 Å². The maximum atomic E-state index is 14.9. The number of rotatable bonds is 2. The Bertz CT molecular complexity index is 827. The Kier molecular flexibility index (Phi) is 4.17. The summed E-state index contributed by atoms with van der Waals surface area (Å²) in [6, 6.07) is 1.55. The topological polar surface area (TPSA) is 45.5 Å². The highest BCUT2D eigenvalue weighted by Gasteiger charge is 2.52. The summed E-state index contributed by atoms with van der Waals surface area (Å²) >= 11 is 0. The van der Waals surface area contributed by atoms with Crippen LogP contribution in [0.25, 0.3) is 10.9 Å². The molecule has 2 saturated heterocycles. The van der Waals surface area contributed by atoms with E-state index in [-0.39, 0.29) is 12.0 Å². The van der Waals surface area contributed by atoms with E-state index in [4.69, 9.17) is 14.0 Å². The normalized spacial score (nSPS) is 25.2. The minimum atomic E-state index is -0.548. The molecular weight excluding hydrogens is 334 g/mol. The Labute approximate surface area is 153 Å². The molecule has 3 heterocycles. The second-order valence-corrected chi connectivity index (χ2v) is 8.35. The Hall–Kier alpha value is -1.44. The van der Waals surface area contributed by atoms with Gasteiger partial charge in [-0.15, -0.1) is 0 Å². The van der Waals surface area contributed by atoms with Crippen molar-refractivity contribution in [3.8, 4) is 0 Å². The molecule has 0 amide bonds. The molecule has 140 valence electrons. The number of benzene rings is 1. The quantitative estimate of drug-likeness (QED) is 0.770. The molecule has 0 spiro atoms. The summed E-state index contributed by atoms with van der Waals surface area (Å²) in [6.45, 7) is 10.6. The van der Waals surface area contributed by atoms with Crippen molar-refractivity contribution < 1.29 is 18.4 Å². The van der Waals surface area contributed by atoms with Crippen LogP contribution in [0.3, 0.4) is 0 Å². The number of fused-ring (bicyclic) bond motifs is 1. The molecule has 4 rings (SSSR count). The predicted molar refractivity (Wildman–Crippen MR) is 99.0 cm³/mol. The Balaban J connectivity index is 1.82. The number of hydrogen-bond donors (Lipinski definition) is 0. The van der Waals surface area contributed by atoms with Crippen LogP contribution in [-0.2, 0) is 14.0 Å². The van der Waals surface area contributed by atoms with Crippen LogP contribution in [0.1, 0.15) is 58.7 Å². The molecule has 0 N–H and O–H groups in total. The van der Waals surface area contributed by atoms with Gasteiger partial charge in [-0.05, 0) is 71.0 Å². The van der Waals surface area contributed by atoms with Gasteiger partial charge in [0.25, 0.3) is 0 Å². The average molecular weight is 360 g/mol. The number of ether oxygens (including phenoxy) is 1. The van der Waals surface area contributed by atoms with Gasteiger partial charge in [0, 0.05) is 12.0 Å². The highest BCUT2D eigenvalue weighted by molar-refractivity contribution is 6.65. The largest absolute Gasteiger partial charge is 0.495 e. The van der Waals surface area contributed by atoms with E-state index in [9.17, 15) is 4.39 Å². The summed E-state index contributed by atoms with van der Waals surface area (Å²) in [5.74, 6) is -0.288. The lowest BCUT2D eigenvalue weighted by molar-refractivity contribution is -0.0369. The third-order valence-corrected chi connectivity index (χ3v) is 6.00. The second-order valence-electron chi connectivity index (χ2n) is 8.35. The van der Waals surface area contributed by atoms with Crippen LogP contribution in [0.5, 0.6) is 0 Å². The lowest BCUT2D eigenvalue weighted by Gasteiger charge is -2.32. The zero-order valence-electron chi connectivity index (χ0n) is 16.1. The number of nitrogens with zero attached hydrogens (tertiary/aromatic N) is 2. The molecule has 1 atom stereocenters. The molecule has 26 heavy (non-hydrogen) atoms. The van der Waals surface area contributed by atoms with E-state index >= 15 is 0 Å². The highest BCUT2D eigenvalue weighted by atomic mass is 19.1. The van der Waals surface area contributed by atoms with E-state index < -0.39 is 18.3 Å². The van der Waals surface area contributed by atoms with E-state index in [1.54, 1.807) is 16.9 Å². The molecule has 2 fully saturated rings. The summed E-state index contributed by atoms with van der Waals surface area (Å²) in [7, 11) is -0.548. The van der Waals surface area contributed by atoms with Crippen LogP contribution in [-0.4, -0.2) is 34.7 Å². The van der Waals surface area contributed by atoms with Crippen molar-refractivity contribution in [2.45, 2.75) is 71.3 Å².